The number of benzene rings is 2. The predicted octanol–water partition coefficient (Wildman–Crippen LogP) is 4.53. The van der Waals surface area contributed by atoms with E-state index in [1.165, 1.54) is 22.5 Å². The summed E-state index contributed by atoms with van der Waals surface area (Å²) >= 11 is 9.51. The maximum Gasteiger partial charge on any atom is 0.255 e. The molecule has 0 bridgehead atoms. The molecule has 0 aromatic heterocycles. The van der Waals surface area contributed by atoms with Crippen molar-refractivity contribution in [2.45, 2.75) is 24.2 Å². The van der Waals surface area contributed by atoms with Crippen molar-refractivity contribution in [3.8, 4) is 0 Å². The van der Waals surface area contributed by atoms with Crippen LogP contribution in [0, 0.1) is 0 Å². The summed E-state index contributed by atoms with van der Waals surface area (Å²) in [6.07, 6.45) is 2.69. The standard InChI is InChI=1S/C18H18BrClN2O3S/c19-14-6-2-3-7-16(14)21-18(23)13-8-9-15(20)17(12-13)26(24,25)22-10-4-1-5-11-22/h2-3,6-9,12H,1,4-5,10-11H2,(H,21,23). The van der Waals surface area contributed by atoms with Crippen molar-refractivity contribution in [1.82, 2.24) is 4.31 Å². The number of carbonyl (C=O) groups excluding carboxylic acids is 1. The molecule has 0 atom stereocenters. The van der Waals surface area contributed by atoms with E-state index in [2.05, 4.69) is 21.2 Å². The smallest absolute Gasteiger partial charge is 0.255 e. The molecule has 26 heavy (non-hydrogen) atoms. The number of rotatable bonds is 4. The number of halogens is 2. The minimum atomic E-state index is -3.72. The van der Waals surface area contributed by atoms with Crippen molar-refractivity contribution in [3.05, 3.63) is 57.5 Å². The average Bonchev–Trinajstić information content (AvgIpc) is 2.64. The minimum Gasteiger partial charge on any atom is -0.321 e. The van der Waals surface area contributed by atoms with Gasteiger partial charge in [-0.05, 0) is 59.1 Å². The number of anilines is 1. The average molecular weight is 458 g/mol. The van der Waals surface area contributed by atoms with Crippen LogP contribution in [0.4, 0.5) is 5.69 Å². The minimum absolute atomic E-state index is 0.0270. The molecule has 2 aromatic carbocycles. The second-order valence-electron chi connectivity index (χ2n) is 6.04. The van der Waals surface area contributed by atoms with Crippen LogP contribution in [-0.2, 0) is 10.0 Å². The SMILES string of the molecule is O=C(Nc1ccccc1Br)c1ccc(Cl)c(S(=O)(=O)N2CCCCC2)c1. The fourth-order valence-electron chi connectivity index (χ4n) is 2.84. The third-order valence-electron chi connectivity index (χ3n) is 4.25. The number of nitrogens with one attached hydrogen (secondary N) is 1. The molecule has 1 fully saturated rings. The van der Waals surface area contributed by atoms with Gasteiger partial charge in [-0.3, -0.25) is 4.79 Å². The summed E-state index contributed by atoms with van der Waals surface area (Å²) in [5, 5.41) is 2.89. The molecule has 1 amide bonds. The first kappa shape index (κ1) is 19.4. The summed E-state index contributed by atoms with van der Waals surface area (Å²) in [4.78, 5) is 12.5. The van der Waals surface area contributed by atoms with Crippen molar-refractivity contribution in [1.29, 1.82) is 0 Å². The Hall–Kier alpha value is -1.41. The van der Waals surface area contributed by atoms with Gasteiger partial charge in [0.15, 0.2) is 0 Å². The third-order valence-corrected chi connectivity index (χ3v) is 7.32. The lowest BCUT2D eigenvalue weighted by atomic mass is 10.2. The molecule has 5 nitrogen and oxygen atoms in total. The van der Waals surface area contributed by atoms with Crippen LogP contribution in [0.3, 0.4) is 0 Å². The lowest BCUT2D eigenvalue weighted by Gasteiger charge is -2.26. The highest BCUT2D eigenvalue weighted by Gasteiger charge is 2.28. The molecule has 2 aromatic rings. The third kappa shape index (κ3) is 4.11. The molecule has 0 saturated carbocycles. The van der Waals surface area contributed by atoms with Crippen LogP contribution in [0.5, 0.6) is 0 Å². The molecular weight excluding hydrogens is 440 g/mol. The van der Waals surface area contributed by atoms with E-state index in [9.17, 15) is 13.2 Å². The number of carbonyl (C=O) groups is 1. The monoisotopic (exact) mass is 456 g/mol. The Morgan fingerprint density at radius 1 is 1.08 bits per heavy atom. The first-order valence-electron chi connectivity index (χ1n) is 8.25. The Balaban J connectivity index is 1.90. The largest absolute Gasteiger partial charge is 0.321 e. The van der Waals surface area contributed by atoms with E-state index in [4.69, 9.17) is 11.6 Å². The van der Waals surface area contributed by atoms with Crippen LogP contribution in [-0.4, -0.2) is 31.7 Å². The van der Waals surface area contributed by atoms with Gasteiger partial charge in [-0.2, -0.15) is 4.31 Å². The first-order chi connectivity index (χ1) is 12.4. The van der Waals surface area contributed by atoms with Gasteiger partial charge >= 0.3 is 0 Å². The van der Waals surface area contributed by atoms with Gasteiger partial charge in [-0.15, -0.1) is 0 Å². The van der Waals surface area contributed by atoms with Gasteiger partial charge in [0.1, 0.15) is 4.90 Å². The Morgan fingerprint density at radius 3 is 2.46 bits per heavy atom. The van der Waals surface area contributed by atoms with E-state index in [0.29, 0.717) is 18.8 Å². The summed E-state index contributed by atoms with van der Waals surface area (Å²) < 4.78 is 28.0. The molecule has 0 spiro atoms. The zero-order chi connectivity index (χ0) is 18.7. The van der Waals surface area contributed by atoms with E-state index in [1.807, 2.05) is 12.1 Å². The first-order valence-corrected chi connectivity index (χ1v) is 10.9. The maximum atomic E-state index is 12.9. The number of hydrogen-bond donors (Lipinski definition) is 1. The topological polar surface area (TPSA) is 66.5 Å². The predicted molar refractivity (Wildman–Crippen MR) is 106 cm³/mol. The molecule has 8 heteroatoms. The zero-order valence-corrected chi connectivity index (χ0v) is 17.1. The van der Waals surface area contributed by atoms with Crippen molar-refractivity contribution in [2.24, 2.45) is 0 Å². The molecule has 1 aliphatic rings. The van der Waals surface area contributed by atoms with Crippen molar-refractivity contribution in [3.63, 3.8) is 0 Å². The lowest BCUT2D eigenvalue weighted by molar-refractivity contribution is 0.102. The van der Waals surface area contributed by atoms with Crippen LogP contribution in [0.25, 0.3) is 0 Å². The van der Waals surface area contributed by atoms with Crippen LogP contribution in [0.1, 0.15) is 29.6 Å². The molecule has 0 unspecified atom stereocenters. The Labute approximate surface area is 166 Å². The quantitative estimate of drug-likeness (QED) is 0.733. The van der Waals surface area contributed by atoms with Gasteiger partial charge in [0.05, 0.1) is 10.7 Å². The van der Waals surface area contributed by atoms with E-state index < -0.39 is 15.9 Å². The molecule has 1 aliphatic heterocycles. The number of amides is 1. The van der Waals surface area contributed by atoms with Gasteiger partial charge in [0.2, 0.25) is 10.0 Å². The van der Waals surface area contributed by atoms with Crippen molar-refractivity contribution in [2.75, 3.05) is 18.4 Å². The number of piperidine rings is 1. The van der Waals surface area contributed by atoms with Crippen LogP contribution < -0.4 is 5.32 Å². The highest BCUT2D eigenvalue weighted by atomic mass is 79.9. The molecule has 1 heterocycles. The van der Waals surface area contributed by atoms with Gasteiger partial charge in [0.25, 0.3) is 5.91 Å². The Morgan fingerprint density at radius 2 is 1.77 bits per heavy atom. The molecule has 0 aliphatic carbocycles. The highest BCUT2D eigenvalue weighted by molar-refractivity contribution is 9.10. The molecule has 3 rings (SSSR count). The van der Waals surface area contributed by atoms with Crippen molar-refractivity contribution < 1.29 is 13.2 Å². The normalized spacial score (nSPS) is 15.6. The highest BCUT2D eigenvalue weighted by Crippen LogP contribution is 2.28. The summed E-state index contributed by atoms with van der Waals surface area (Å²) in [5.41, 5.74) is 0.841. The molecule has 138 valence electrons. The second kappa shape index (κ2) is 8.08. The number of hydrogen-bond acceptors (Lipinski definition) is 3. The molecule has 1 N–H and O–H groups in total. The number of para-hydroxylation sites is 1. The Kier molecular flexibility index (Phi) is 6.02. The fourth-order valence-corrected chi connectivity index (χ4v) is 5.25. The van der Waals surface area contributed by atoms with E-state index in [1.54, 1.807) is 12.1 Å². The molecule has 0 radical (unpaired) electrons. The van der Waals surface area contributed by atoms with E-state index >= 15 is 0 Å². The molecular formula is C18H18BrClN2O3S. The summed E-state index contributed by atoms with van der Waals surface area (Å²) in [6, 6.07) is 11.5. The van der Waals surface area contributed by atoms with Crippen LogP contribution in [0.15, 0.2) is 51.8 Å². The Bertz CT molecular complexity index is 928. The van der Waals surface area contributed by atoms with Crippen LogP contribution in [0.2, 0.25) is 5.02 Å². The van der Waals surface area contributed by atoms with Crippen LogP contribution >= 0.6 is 27.5 Å². The van der Waals surface area contributed by atoms with Crippen molar-refractivity contribution >= 4 is 49.1 Å². The summed E-state index contributed by atoms with van der Waals surface area (Å²) in [5.74, 6) is -0.399. The summed E-state index contributed by atoms with van der Waals surface area (Å²) in [6.45, 7) is 0.956. The second-order valence-corrected chi connectivity index (χ2v) is 9.21. The van der Waals surface area contributed by atoms with Gasteiger partial charge in [0, 0.05) is 23.1 Å². The van der Waals surface area contributed by atoms with Gasteiger partial charge < -0.3 is 5.32 Å². The maximum absolute atomic E-state index is 12.9. The molecule has 1 saturated heterocycles. The van der Waals surface area contributed by atoms with E-state index in [0.717, 1.165) is 23.7 Å². The van der Waals surface area contributed by atoms with Gasteiger partial charge in [-0.1, -0.05) is 30.2 Å². The lowest BCUT2D eigenvalue weighted by Crippen LogP contribution is -2.35. The van der Waals surface area contributed by atoms with Gasteiger partial charge in [-0.25, -0.2) is 8.42 Å². The number of sulfonamides is 1. The summed E-state index contributed by atoms with van der Waals surface area (Å²) in [7, 11) is -3.72. The zero-order valence-electron chi connectivity index (χ0n) is 13.9. The van der Waals surface area contributed by atoms with E-state index in [-0.39, 0.29) is 15.5 Å². The number of nitrogens with zero attached hydrogens (tertiary/aromatic N) is 1. The fraction of sp³-hybridized carbons (Fsp3) is 0.278.